The van der Waals surface area contributed by atoms with E-state index in [1.54, 1.807) is 18.2 Å². The summed E-state index contributed by atoms with van der Waals surface area (Å²) in [5, 5.41) is 23.6. The lowest BCUT2D eigenvalue weighted by Gasteiger charge is -2.20. The van der Waals surface area contributed by atoms with Gasteiger partial charge in [-0.1, -0.05) is 17.7 Å². The first-order valence-electron chi connectivity index (χ1n) is 5.98. The summed E-state index contributed by atoms with van der Waals surface area (Å²) in [6.07, 6.45) is 0. The Labute approximate surface area is 121 Å². The molecule has 1 rings (SSSR count). The Kier molecular flexibility index (Phi) is 5.94. The van der Waals surface area contributed by atoms with E-state index in [0.29, 0.717) is 10.6 Å². The van der Waals surface area contributed by atoms with Crippen LogP contribution in [-0.2, 0) is 4.79 Å². The third kappa shape index (κ3) is 5.56. The van der Waals surface area contributed by atoms with E-state index < -0.39 is 24.0 Å². The number of rotatable bonds is 6. The van der Waals surface area contributed by atoms with E-state index in [-0.39, 0.29) is 13.1 Å². The van der Waals surface area contributed by atoms with Crippen molar-refractivity contribution < 1.29 is 19.8 Å². The lowest BCUT2D eigenvalue weighted by molar-refractivity contribution is -0.121. The molecule has 0 aliphatic heterocycles. The maximum absolute atomic E-state index is 11.7. The number of aliphatic hydroxyl groups excluding tert-OH is 1. The fourth-order valence-corrected chi connectivity index (χ4v) is 1.49. The third-order valence-electron chi connectivity index (χ3n) is 2.50. The Morgan fingerprint density at radius 3 is 2.65 bits per heavy atom. The molecular formula is C13H17ClN2O4. The minimum atomic E-state index is -1.38. The number of nitrogens with one attached hydrogen (secondary N) is 2. The lowest BCUT2D eigenvalue weighted by Crippen LogP contribution is -2.46. The van der Waals surface area contributed by atoms with Crippen LogP contribution in [0.3, 0.4) is 0 Å². The van der Waals surface area contributed by atoms with Gasteiger partial charge < -0.3 is 20.8 Å². The fourth-order valence-electron chi connectivity index (χ4n) is 1.30. The standard InChI is InChI=1S/C13H17ClN2O4/c1-13(20,8-17)7-16-11(18)6-15-12(19)9-3-2-4-10(14)5-9/h2-5,17,20H,6-8H2,1H3,(H,15,19)(H,16,18). The molecule has 0 heterocycles. The van der Waals surface area contributed by atoms with E-state index in [9.17, 15) is 14.7 Å². The molecule has 0 radical (unpaired) electrons. The molecule has 110 valence electrons. The zero-order valence-corrected chi connectivity index (χ0v) is 11.8. The topological polar surface area (TPSA) is 98.7 Å². The van der Waals surface area contributed by atoms with Crippen molar-refractivity contribution in [1.82, 2.24) is 10.6 Å². The number of amides is 2. The van der Waals surface area contributed by atoms with Gasteiger partial charge in [0, 0.05) is 17.1 Å². The largest absolute Gasteiger partial charge is 0.393 e. The van der Waals surface area contributed by atoms with Crippen molar-refractivity contribution >= 4 is 23.4 Å². The average Bonchev–Trinajstić information content (AvgIpc) is 2.42. The SMILES string of the molecule is CC(O)(CO)CNC(=O)CNC(=O)c1cccc(Cl)c1. The number of aliphatic hydroxyl groups is 2. The van der Waals surface area contributed by atoms with Gasteiger partial charge in [-0.15, -0.1) is 0 Å². The molecule has 0 aliphatic rings. The quantitative estimate of drug-likeness (QED) is 0.591. The van der Waals surface area contributed by atoms with Crippen LogP contribution in [0, 0.1) is 0 Å². The van der Waals surface area contributed by atoms with Gasteiger partial charge in [-0.3, -0.25) is 9.59 Å². The van der Waals surface area contributed by atoms with Crippen molar-refractivity contribution in [2.24, 2.45) is 0 Å². The number of carbonyl (C=O) groups is 2. The molecule has 1 unspecified atom stereocenters. The summed E-state index contributed by atoms with van der Waals surface area (Å²) < 4.78 is 0. The summed E-state index contributed by atoms with van der Waals surface area (Å²) in [6, 6.07) is 6.35. The van der Waals surface area contributed by atoms with Crippen LogP contribution >= 0.6 is 11.6 Å². The molecule has 2 amide bonds. The van der Waals surface area contributed by atoms with Crippen molar-refractivity contribution in [1.29, 1.82) is 0 Å². The monoisotopic (exact) mass is 300 g/mol. The second-order valence-electron chi connectivity index (χ2n) is 4.62. The Hall–Kier alpha value is -1.63. The molecular weight excluding hydrogens is 284 g/mol. The maximum atomic E-state index is 11.7. The second kappa shape index (κ2) is 7.23. The molecule has 0 saturated carbocycles. The maximum Gasteiger partial charge on any atom is 0.251 e. The van der Waals surface area contributed by atoms with E-state index >= 15 is 0 Å². The summed E-state index contributed by atoms with van der Waals surface area (Å²) >= 11 is 5.76. The summed E-state index contributed by atoms with van der Waals surface area (Å²) in [5.41, 5.74) is -1.03. The number of benzene rings is 1. The predicted octanol–water partition coefficient (Wildman–Crippen LogP) is -0.0707. The van der Waals surface area contributed by atoms with E-state index in [1.165, 1.54) is 13.0 Å². The van der Waals surface area contributed by atoms with Crippen molar-refractivity contribution in [2.75, 3.05) is 19.7 Å². The number of carbonyl (C=O) groups excluding carboxylic acids is 2. The zero-order valence-electron chi connectivity index (χ0n) is 11.0. The Morgan fingerprint density at radius 2 is 2.05 bits per heavy atom. The molecule has 0 spiro atoms. The fraction of sp³-hybridized carbons (Fsp3) is 0.385. The van der Waals surface area contributed by atoms with Crippen LogP contribution in [0.15, 0.2) is 24.3 Å². The van der Waals surface area contributed by atoms with Gasteiger partial charge >= 0.3 is 0 Å². The van der Waals surface area contributed by atoms with Crippen molar-refractivity contribution in [2.45, 2.75) is 12.5 Å². The molecule has 20 heavy (non-hydrogen) atoms. The van der Waals surface area contributed by atoms with E-state index in [1.807, 2.05) is 0 Å². The molecule has 0 fully saturated rings. The van der Waals surface area contributed by atoms with E-state index in [0.717, 1.165) is 0 Å². The van der Waals surface area contributed by atoms with Crippen LogP contribution in [0.5, 0.6) is 0 Å². The van der Waals surface area contributed by atoms with Crippen LogP contribution < -0.4 is 10.6 Å². The summed E-state index contributed by atoms with van der Waals surface area (Å²) in [5.74, 6) is -0.884. The van der Waals surface area contributed by atoms with Gasteiger partial charge in [0.25, 0.3) is 5.91 Å². The molecule has 0 saturated heterocycles. The highest BCUT2D eigenvalue weighted by atomic mass is 35.5. The smallest absolute Gasteiger partial charge is 0.251 e. The van der Waals surface area contributed by atoms with Gasteiger partial charge in [0.05, 0.1) is 13.2 Å². The highest BCUT2D eigenvalue weighted by Gasteiger charge is 2.19. The lowest BCUT2D eigenvalue weighted by atomic mass is 10.1. The van der Waals surface area contributed by atoms with Crippen LogP contribution in [0.25, 0.3) is 0 Å². The first-order valence-corrected chi connectivity index (χ1v) is 6.35. The molecule has 1 aromatic carbocycles. The number of hydrogen-bond donors (Lipinski definition) is 4. The van der Waals surface area contributed by atoms with Crippen LogP contribution in [0.2, 0.25) is 5.02 Å². The first kappa shape index (κ1) is 16.4. The summed E-state index contributed by atoms with van der Waals surface area (Å²) in [4.78, 5) is 23.2. The van der Waals surface area contributed by atoms with Crippen molar-refractivity contribution in [3.63, 3.8) is 0 Å². The molecule has 1 atom stereocenters. The Morgan fingerprint density at radius 1 is 1.35 bits per heavy atom. The molecule has 1 aromatic rings. The van der Waals surface area contributed by atoms with Crippen LogP contribution in [-0.4, -0.2) is 47.3 Å². The Bertz CT molecular complexity index is 491. The molecule has 0 aliphatic carbocycles. The van der Waals surface area contributed by atoms with Gasteiger partial charge in [0.2, 0.25) is 5.91 Å². The minimum Gasteiger partial charge on any atom is -0.393 e. The highest BCUT2D eigenvalue weighted by molar-refractivity contribution is 6.30. The highest BCUT2D eigenvalue weighted by Crippen LogP contribution is 2.10. The Balaban J connectivity index is 2.40. The molecule has 6 nitrogen and oxygen atoms in total. The van der Waals surface area contributed by atoms with Gasteiger partial charge in [0.15, 0.2) is 0 Å². The zero-order chi connectivity index (χ0) is 15.2. The molecule has 4 N–H and O–H groups in total. The normalized spacial score (nSPS) is 13.4. The molecule has 0 bridgehead atoms. The summed E-state index contributed by atoms with van der Waals surface area (Å²) in [6.45, 7) is 0.586. The minimum absolute atomic E-state index is 0.102. The van der Waals surface area contributed by atoms with Gasteiger partial charge in [0.1, 0.15) is 5.60 Å². The molecule has 0 aromatic heterocycles. The summed E-state index contributed by atoms with van der Waals surface area (Å²) in [7, 11) is 0. The van der Waals surface area contributed by atoms with E-state index in [4.69, 9.17) is 16.7 Å². The van der Waals surface area contributed by atoms with Crippen LogP contribution in [0.4, 0.5) is 0 Å². The molecule has 7 heteroatoms. The predicted molar refractivity (Wildman–Crippen MR) is 74.5 cm³/mol. The van der Waals surface area contributed by atoms with Crippen molar-refractivity contribution in [3.8, 4) is 0 Å². The van der Waals surface area contributed by atoms with Gasteiger partial charge in [-0.2, -0.15) is 0 Å². The van der Waals surface area contributed by atoms with E-state index in [2.05, 4.69) is 10.6 Å². The van der Waals surface area contributed by atoms with Crippen molar-refractivity contribution in [3.05, 3.63) is 34.9 Å². The second-order valence-corrected chi connectivity index (χ2v) is 5.06. The average molecular weight is 301 g/mol. The first-order chi connectivity index (χ1) is 9.34. The van der Waals surface area contributed by atoms with Crippen LogP contribution in [0.1, 0.15) is 17.3 Å². The van der Waals surface area contributed by atoms with Gasteiger partial charge in [-0.05, 0) is 25.1 Å². The van der Waals surface area contributed by atoms with Gasteiger partial charge in [-0.25, -0.2) is 0 Å². The number of halogens is 1. The number of hydrogen-bond acceptors (Lipinski definition) is 4. The third-order valence-corrected chi connectivity index (χ3v) is 2.74.